The van der Waals surface area contributed by atoms with Gasteiger partial charge in [-0.25, -0.2) is 0 Å². The number of anilines is 2. The molecule has 0 saturated heterocycles. The molecule has 96 valence electrons. The van der Waals surface area contributed by atoms with E-state index in [1.54, 1.807) is 11.3 Å². The molecule has 18 heavy (non-hydrogen) atoms. The van der Waals surface area contributed by atoms with Crippen LogP contribution in [-0.4, -0.2) is 6.04 Å². The van der Waals surface area contributed by atoms with E-state index in [0.717, 1.165) is 22.4 Å². The summed E-state index contributed by atoms with van der Waals surface area (Å²) >= 11 is 5.23. The third kappa shape index (κ3) is 3.06. The molecule has 2 N–H and O–H groups in total. The molecule has 0 aliphatic carbocycles. The average molecular weight is 325 g/mol. The minimum atomic E-state index is 0.413. The van der Waals surface area contributed by atoms with Gasteiger partial charge in [0.05, 0.1) is 17.9 Å². The highest BCUT2D eigenvalue weighted by molar-refractivity contribution is 9.10. The molecule has 1 aromatic carbocycles. The van der Waals surface area contributed by atoms with Crippen molar-refractivity contribution in [2.45, 2.75) is 26.4 Å². The second-order valence-corrected chi connectivity index (χ2v) is 6.45. The topological polar surface area (TPSA) is 29.3 Å². The zero-order valence-electron chi connectivity index (χ0n) is 10.6. The van der Waals surface area contributed by atoms with E-state index in [0.29, 0.717) is 6.04 Å². The Morgan fingerprint density at radius 3 is 2.67 bits per heavy atom. The predicted molar refractivity (Wildman–Crippen MR) is 84.2 cm³/mol. The summed E-state index contributed by atoms with van der Waals surface area (Å²) in [4.78, 5) is 3.68. The fourth-order valence-electron chi connectivity index (χ4n) is 1.90. The van der Waals surface area contributed by atoms with Crippen molar-refractivity contribution in [2.75, 3.05) is 10.6 Å². The lowest BCUT2D eigenvalue weighted by Gasteiger charge is -2.29. The molecule has 0 amide bonds. The molecule has 4 heteroatoms. The Hall–Kier alpha value is -1.00. The van der Waals surface area contributed by atoms with Crippen LogP contribution >= 0.6 is 27.3 Å². The van der Waals surface area contributed by atoms with E-state index in [-0.39, 0.29) is 0 Å². The van der Waals surface area contributed by atoms with Gasteiger partial charge in [-0.2, -0.15) is 0 Å². The molecular weight excluding hydrogens is 308 g/mol. The number of halogens is 1. The number of nitrogens with two attached hydrogens (primary N) is 1. The minimum absolute atomic E-state index is 0.413. The first-order valence-corrected chi connectivity index (χ1v) is 7.59. The Morgan fingerprint density at radius 1 is 1.33 bits per heavy atom. The van der Waals surface area contributed by atoms with E-state index in [4.69, 9.17) is 5.73 Å². The molecule has 0 spiro atoms. The first-order valence-electron chi connectivity index (χ1n) is 5.92. The Morgan fingerprint density at radius 2 is 2.11 bits per heavy atom. The largest absolute Gasteiger partial charge is 0.397 e. The number of hydrogen-bond acceptors (Lipinski definition) is 3. The van der Waals surface area contributed by atoms with Crippen molar-refractivity contribution in [2.24, 2.45) is 0 Å². The smallest absolute Gasteiger partial charge is 0.0606 e. The van der Waals surface area contributed by atoms with Gasteiger partial charge in [0.2, 0.25) is 0 Å². The van der Waals surface area contributed by atoms with Crippen molar-refractivity contribution in [3.63, 3.8) is 0 Å². The average Bonchev–Trinajstić information content (AvgIpc) is 2.79. The molecule has 0 radical (unpaired) electrons. The van der Waals surface area contributed by atoms with Gasteiger partial charge < -0.3 is 10.6 Å². The molecule has 0 saturated carbocycles. The molecular formula is C14H17BrN2S. The van der Waals surface area contributed by atoms with Crippen LogP contribution in [0, 0.1) is 0 Å². The molecule has 0 aliphatic rings. The van der Waals surface area contributed by atoms with Gasteiger partial charge >= 0.3 is 0 Å². The molecule has 2 aromatic rings. The summed E-state index contributed by atoms with van der Waals surface area (Å²) in [6.07, 6.45) is 0. The van der Waals surface area contributed by atoms with E-state index in [1.807, 2.05) is 12.1 Å². The van der Waals surface area contributed by atoms with Crippen LogP contribution in [0.3, 0.4) is 0 Å². The van der Waals surface area contributed by atoms with Crippen molar-refractivity contribution in [3.8, 4) is 0 Å². The van der Waals surface area contributed by atoms with Crippen molar-refractivity contribution in [3.05, 3.63) is 45.1 Å². The van der Waals surface area contributed by atoms with Gasteiger partial charge in [0.25, 0.3) is 0 Å². The standard InChI is InChI=1S/C14H17BrN2S/c1-10(2)17(9-12-4-3-7-18-12)14-6-5-11(15)8-13(14)16/h3-8,10H,9,16H2,1-2H3. The molecule has 0 bridgehead atoms. The molecule has 1 heterocycles. The van der Waals surface area contributed by atoms with Crippen LogP contribution in [0.1, 0.15) is 18.7 Å². The highest BCUT2D eigenvalue weighted by atomic mass is 79.9. The number of rotatable bonds is 4. The van der Waals surface area contributed by atoms with Gasteiger partial charge in [0.15, 0.2) is 0 Å². The lowest BCUT2D eigenvalue weighted by Crippen LogP contribution is -2.30. The van der Waals surface area contributed by atoms with Gasteiger partial charge in [-0.1, -0.05) is 22.0 Å². The van der Waals surface area contributed by atoms with E-state index >= 15 is 0 Å². The second kappa shape index (κ2) is 5.76. The summed E-state index contributed by atoms with van der Waals surface area (Å²) in [5, 5.41) is 2.11. The van der Waals surface area contributed by atoms with Gasteiger partial charge in [-0.15, -0.1) is 11.3 Å². The summed E-state index contributed by atoms with van der Waals surface area (Å²) < 4.78 is 1.02. The van der Waals surface area contributed by atoms with Gasteiger partial charge in [0.1, 0.15) is 0 Å². The molecule has 2 nitrogen and oxygen atoms in total. The Kier molecular flexibility index (Phi) is 4.30. The Labute approximate surface area is 121 Å². The third-order valence-electron chi connectivity index (χ3n) is 2.83. The van der Waals surface area contributed by atoms with Crippen molar-refractivity contribution < 1.29 is 0 Å². The number of nitrogens with zero attached hydrogens (tertiary/aromatic N) is 1. The maximum absolute atomic E-state index is 6.12. The van der Waals surface area contributed by atoms with Crippen LogP contribution in [0.25, 0.3) is 0 Å². The monoisotopic (exact) mass is 324 g/mol. The maximum atomic E-state index is 6.12. The van der Waals surface area contributed by atoms with Crippen LogP contribution in [-0.2, 0) is 6.54 Å². The molecule has 0 unspecified atom stereocenters. The quantitative estimate of drug-likeness (QED) is 0.838. The summed E-state index contributed by atoms with van der Waals surface area (Å²) in [6.45, 7) is 5.28. The lowest BCUT2D eigenvalue weighted by atomic mass is 10.2. The predicted octanol–water partition coefficient (Wildman–Crippen LogP) is 4.51. The van der Waals surface area contributed by atoms with E-state index in [2.05, 4.69) is 58.3 Å². The van der Waals surface area contributed by atoms with Gasteiger partial charge in [0, 0.05) is 15.4 Å². The highest BCUT2D eigenvalue weighted by Crippen LogP contribution is 2.30. The van der Waals surface area contributed by atoms with Crippen LogP contribution in [0.15, 0.2) is 40.2 Å². The van der Waals surface area contributed by atoms with E-state index in [1.165, 1.54) is 4.88 Å². The minimum Gasteiger partial charge on any atom is -0.397 e. The fourth-order valence-corrected chi connectivity index (χ4v) is 2.98. The Bertz CT molecular complexity index is 509. The highest BCUT2D eigenvalue weighted by Gasteiger charge is 2.14. The molecule has 0 fully saturated rings. The molecule has 0 aliphatic heterocycles. The summed E-state index contributed by atoms with van der Waals surface area (Å²) in [6, 6.07) is 10.7. The van der Waals surface area contributed by atoms with Crippen molar-refractivity contribution in [1.29, 1.82) is 0 Å². The summed E-state index contributed by atoms with van der Waals surface area (Å²) in [7, 11) is 0. The van der Waals surface area contributed by atoms with Gasteiger partial charge in [-0.05, 0) is 43.5 Å². The molecule has 1 aromatic heterocycles. The summed E-state index contributed by atoms with van der Waals surface area (Å²) in [5.74, 6) is 0. The fraction of sp³-hybridized carbons (Fsp3) is 0.286. The number of nitrogen functional groups attached to an aromatic ring is 1. The van der Waals surface area contributed by atoms with Crippen LogP contribution in [0.4, 0.5) is 11.4 Å². The SMILES string of the molecule is CC(C)N(Cc1cccs1)c1ccc(Br)cc1N. The number of benzene rings is 1. The first-order chi connectivity index (χ1) is 8.58. The second-order valence-electron chi connectivity index (χ2n) is 4.50. The molecule has 0 atom stereocenters. The zero-order chi connectivity index (χ0) is 13.1. The Balaban J connectivity index is 2.29. The van der Waals surface area contributed by atoms with Crippen molar-refractivity contribution in [1.82, 2.24) is 0 Å². The maximum Gasteiger partial charge on any atom is 0.0606 e. The lowest BCUT2D eigenvalue weighted by molar-refractivity contribution is 0.688. The zero-order valence-corrected chi connectivity index (χ0v) is 13.0. The summed E-state index contributed by atoms with van der Waals surface area (Å²) in [5.41, 5.74) is 8.03. The van der Waals surface area contributed by atoms with Crippen LogP contribution in [0.5, 0.6) is 0 Å². The van der Waals surface area contributed by atoms with E-state index in [9.17, 15) is 0 Å². The first kappa shape index (κ1) is 13.4. The normalized spacial score (nSPS) is 10.9. The van der Waals surface area contributed by atoms with Crippen molar-refractivity contribution >= 4 is 38.6 Å². The number of thiophene rings is 1. The van der Waals surface area contributed by atoms with Gasteiger partial charge in [-0.3, -0.25) is 0 Å². The van der Waals surface area contributed by atoms with E-state index < -0.39 is 0 Å². The molecule has 2 rings (SSSR count). The van der Waals surface area contributed by atoms with Crippen LogP contribution < -0.4 is 10.6 Å². The van der Waals surface area contributed by atoms with Crippen LogP contribution in [0.2, 0.25) is 0 Å². The number of hydrogen-bond donors (Lipinski definition) is 1. The third-order valence-corrected chi connectivity index (χ3v) is 4.18.